The van der Waals surface area contributed by atoms with E-state index in [1.165, 1.54) is 0 Å². The zero-order chi connectivity index (χ0) is 16.4. The Morgan fingerprint density at radius 3 is 2.39 bits per heavy atom. The molecule has 0 aliphatic carbocycles. The topological polar surface area (TPSA) is 96.8 Å². The molecule has 2 fully saturated rings. The van der Waals surface area contributed by atoms with Gasteiger partial charge in [-0.2, -0.15) is 9.97 Å². The van der Waals surface area contributed by atoms with Crippen LogP contribution in [-0.2, 0) is 4.79 Å². The number of nitrogens with zero attached hydrogens (tertiary/aromatic N) is 3. The van der Waals surface area contributed by atoms with Crippen LogP contribution in [0.2, 0.25) is 0 Å². The summed E-state index contributed by atoms with van der Waals surface area (Å²) in [4.78, 5) is 22.0. The van der Waals surface area contributed by atoms with E-state index in [2.05, 4.69) is 20.2 Å². The second kappa shape index (κ2) is 6.19. The van der Waals surface area contributed by atoms with Gasteiger partial charge in [0.25, 0.3) is 0 Å². The minimum absolute atomic E-state index is 0.0719. The lowest BCUT2D eigenvalue weighted by molar-refractivity contribution is -0.139. The average molecular weight is 322 g/mol. The molecule has 1 atom stereocenters. The van der Waals surface area contributed by atoms with Crippen LogP contribution in [0.15, 0.2) is 6.07 Å². The molecule has 1 aromatic rings. The molecule has 0 bridgehead atoms. The second-order valence-electron chi connectivity index (χ2n) is 6.22. The molecule has 23 heavy (non-hydrogen) atoms. The normalized spacial score (nSPS) is 23.0. The zero-order valence-electron chi connectivity index (χ0n) is 13.4. The summed E-state index contributed by atoms with van der Waals surface area (Å²) in [6, 6.07) is 1.22. The highest BCUT2D eigenvalue weighted by atomic mass is 16.5. The fourth-order valence-corrected chi connectivity index (χ4v) is 3.40. The summed E-state index contributed by atoms with van der Waals surface area (Å²) in [5.41, 5.74) is 0.0719. The van der Waals surface area contributed by atoms with Crippen LogP contribution in [0.5, 0.6) is 11.8 Å². The lowest BCUT2D eigenvalue weighted by Crippen LogP contribution is -2.42. The molecule has 0 saturated carbocycles. The van der Waals surface area contributed by atoms with Gasteiger partial charge in [-0.05, 0) is 24.7 Å². The minimum Gasteiger partial charge on any atom is -0.481 e. The van der Waals surface area contributed by atoms with E-state index in [4.69, 9.17) is 14.6 Å². The number of piperidine rings is 1. The monoisotopic (exact) mass is 322 g/mol. The highest BCUT2D eigenvalue weighted by Gasteiger charge is 2.43. The number of carboxylic acids is 1. The fraction of sp³-hybridized carbons (Fsp3) is 0.667. The smallest absolute Gasteiger partial charge is 0.320 e. The summed E-state index contributed by atoms with van der Waals surface area (Å²) in [7, 11) is 3.12. The molecule has 3 rings (SSSR count). The molecule has 8 nitrogen and oxygen atoms in total. The maximum atomic E-state index is 11.1. The van der Waals surface area contributed by atoms with Crippen molar-refractivity contribution in [3.8, 4) is 11.8 Å². The van der Waals surface area contributed by atoms with Gasteiger partial charge in [0, 0.05) is 19.6 Å². The van der Waals surface area contributed by atoms with E-state index in [0.29, 0.717) is 24.1 Å². The van der Waals surface area contributed by atoms with Gasteiger partial charge in [0.05, 0.1) is 20.3 Å². The van der Waals surface area contributed by atoms with Crippen molar-refractivity contribution in [3.63, 3.8) is 0 Å². The van der Waals surface area contributed by atoms with Gasteiger partial charge < -0.3 is 24.8 Å². The van der Waals surface area contributed by atoms with Crippen LogP contribution in [0.1, 0.15) is 19.3 Å². The summed E-state index contributed by atoms with van der Waals surface area (Å²) in [6.45, 7) is 2.36. The third-order valence-corrected chi connectivity index (χ3v) is 4.85. The van der Waals surface area contributed by atoms with Crippen molar-refractivity contribution < 1.29 is 19.4 Å². The third-order valence-electron chi connectivity index (χ3n) is 4.85. The second-order valence-corrected chi connectivity index (χ2v) is 6.22. The molecule has 0 amide bonds. The molecule has 3 heterocycles. The van der Waals surface area contributed by atoms with Crippen LogP contribution in [0, 0.1) is 5.41 Å². The number of aliphatic carboxylic acids is 1. The first-order chi connectivity index (χ1) is 11.0. The minimum atomic E-state index is -0.759. The Balaban J connectivity index is 1.69. The first kappa shape index (κ1) is 15.8. The maximum absolute atomic E-state index is 11.1. The molecule has 0 radical (unpaired) electrons. The standard InChI is InChI=1S/C15H22N4O4/c1-22-11-7-12(23-2)18-14(17-11)19-5-3-15(4-6-19)8-10(13(20)21)16-9-15/h7,10,16H,3-6,8-9H2,1-2H3,(H,20,21). The third kappa shape index (κ3) is 3.17. The first-order valence-corrected chi connectivity index (χ1v) is 7.73. The molecule has 2 aliphatic heterocycles. The summed E-state index contributed by atoms with van der Waals surface area (Å²) in [5.74, 6) is 0.781. The number of methoxy groups -OCH3 is 2. The van der Waals surface area contributed by atoms with E-state index in [1.807, 2.05) is 0 Å². The van der Waals surface area contributed by atoms with Gasteiger partial charge in [-0.25, -0.2) is 0 Å². The molecule has 2 saturated heterocycles. The Labute approximate surface area is 134 Å². The van der Waals surface area contributed by atoms with Crippen LogP contribution in [0.4, 0.5) is 5.95 Å². The molecule has 0 aromatic carbocycles. The molecular weight excluding hydrogens is 300 g/mol. The van der Waals surface area contributed by atoms with Crippen LogP contribution < -0.4 is 19.7 Å². The number of ether oxygens (including phenoxy) is 2. The Bertz CT molecular complexity index is 565. The average Bonchev–Trinajstić information content (AvgIpc) is 2.99. The molecule has 1 aromatic heterocycles. The van der Waals surface area contributed by atoms with Crippen molar-refractivity contribution >= 4 is 11.9 Å². The van der Waals surface area contributed by atoms with Crippen LogP contribution in [-0.4, -0.2) is 60.9 Å². The van der Waals surface area contributed by atoms with Crippen molar-refractivity contribution in [2.24, 2.45) is 5.41 Å². The first-order valence-electron chi connectivity index (χ1n) is 7.73. The van der Waals surface area contributed by atoms with E-state index in [1.54, 1.807) is 20.3 Å². The van der Waals surface area contributed by atoms with Gasteiger partial charge in [0.15, 0.2) is 0 Å². The zero-order valence-corrected chi connectivity index (χ0v) is 13.4. The number of hydrogen-bond donors (Lipinski definition) is 2. The highest BCUT2D eigenvalue weighted by molar-refractivity contribution is 5.74. The number of aromatic nitrogens is 2. The number of rotatable bonds is 4. The molecule has 8 heteroatoms. The van der Waals surface area contributed by atoms with Crippen molar-refractivity contribution in [1.82, 2.24) is 15.3 Å². The van der Waals surface area contributed by atoms with E-state index in [-0.39, 0.29) is 5.41 Å². The number of hydrogen-bond acceptors (Lipinski definition) is 7. The lowest BCUT2D eigenvalue weighted by atomic mass is 9.76. The van der Waals surface area contributed by atoms with Gasteiger partial charge in [-0.1, -0.05) is 0 Å². The Morgan fingerprint density at radius 2 is 1.91 bits per heavy atom. The van der Waals surface area contributed by atoms with Crippen molar-refractivity contribution in [2.75, 3.05) is 38.8 Å². The van der Waals surface area contributed by atoms with Crippen LogP contribution >= 0.6 is 0 Å². The molecular formula is C15H22N4O4. The maximum Gasteiger partial charge on any atom is 0.320 e. The molecule has 2 aliphatic rings. The number of carboxylic acid groups (broad SMARTS) is 1. The van der Waals surface area contributed by atoms with E-state index >= 15 is 0 Å². The predicted octanol–water partition coefficient (Wildman–Crippen LogP) is 0.527. The summed E-state index contributed by atoms with van der Waals surface area (Å²) in [5, 5.41) is 12.3. The van der Waals surface area contributed by atoms with Gasteiger partial charge in [0.1, 0.15) is 6.04 Å². The molecule has 1 unspecified atom stereocenters. The molecule has 126 valence electrons. The molecule has 2 N–H and O–H groups in total. The predicted molar refractivity (Wildman–Crippen MR) is 83.1 cm³/mol. The summed E-state index contributed by atoms with van der Waals surface area (Å²) >= 11 is 0. The van der Waals surface area contributed by atoms with Crippen molar-refractivity contribution in [2.45, 2.75) is 25.3 Å². The molecule has 1 spiro atoms. The van der Waals surface area contributed by atoms with Crippen LogP contribution in [0.25, 0.3) is 0 Å². The van der Waals surface area contributed by atoms with Gasteiger partial charge in [-0.3, -0.25) is 4.79 Å². The van der Waals surface area contributed by atoms with Crippen molar-refractivity contribution in [1.29, 1.82) is 0 Å². The number of carbonyl (C=O) groups is 1. The summed E-state index contributed by atoms with van der Waals surface area (Å²) in [6.07, 6.45) is 2.54. The van der Waals surface area contributed by atoms with E-state index in [0.717, 1.165) is 32.5 Å². The lowest BCUT2D eigenvalue weighted by Gasteiger charge is -2.39. The number of anilines is 1. The van der Waals surface area contributed by atoms with Crippen LogP contribution in [0.3, 0.4) is 0 Å². The summed E-state index contributed by atoms with van der Waals surface area (Å²) < 4.78 is 10.4. The van der Waals surface area contributed by atoms with Gasteiger partial charge >= 0.3 is 5.97 Å². The van der Waals surface area contributed by atoms with Gasteiger partial charge in [-0.15, -0.1) is 0 Å². The largest absolute Gasteiger partial charge is 0.481 e. The van der Waals surface area contributed by atoms with Crippen molar-refractivity contribution in [3.05, 3.63) is 6.07 Å². The van der Waals surface area contributed by atoms with Gasteiger partial charge in [0.2, 0.25) is 17.7 Å². The van der Waals surface area contributed by atoms with E-state index in [9.17, 15) is 4.79 Å². The Morgan fingerprint density at radius 1 is 1.30 bits per heavy atom. The van der Waals surface area contributed by atoms with E-state index < -0.39 is 12.0 Å². The fourth-order valence-electron chi connectivity index (χ4n) is 3.40. The highest BCUT2D eigenvalue weighted by Crippen LogP contribution is 2.40. The Hall–Kier alpha value is -2.09. The number of nitrogens with one attached hydrogen (secondary N) is 1. The quantitative estimate of drug-likeness (QED) is 0.828. The SMILES string of the molecule is COc1cc(OC)nc(N2CCC3(CC2)CNC(C(=O)O)C3)n1. The Kier molecular flexibility index (Phi) is 4.25.